The first kappa shape index (κ1) is 14.6. The third-order valence-electron chi connectivity index (χ3n) is 4.28. The van der Waals surface area contributed by atoms with E-state index in [4.69, 9.17) is 15.5 Å². The van der Waals surface area contributed by atoms with Gasteiger partial charge in [0.25, 0.3) is 0 Å². The number of hydrogen-bond acceptors (Lipinski definition) is 4. The minimum atomic E-state index is -0.418. The maximum atomic E-state index is 12.0. The Kier molecular flexibility index (Phi) is 4.06. The van der Waals surface area contributed by atoms with E-state index in [2.05, 4.69) is 0 Å². The monoisotopic (exact) mass is 270 g/mol. The highest BCUT2D eigenvalue weighted by molar-refractivity contribution is 5.68. The summed E-state index contributed by atoms with van der Waals surface area (Å²) in [6, 6.07) is 0. The van der Waals surface area contributed by atoms with Crippen LogP contribution in [0.5, 0.6) is 0 Å². The van der Waals surface area contributed by atoms with Crippen LogP contribution in [0.25, 0.3) is 0 Å². The van der Waals surface area contributed by atoms with Gasteiger partial charge in [-0.25, -0.2) is 10.7 Å². The SMILES string of the molecule is CC(C)(C)OC(=O)N1CCC(C2(CON)CC2)CC1. The van der Waals surface area contributed by atoms with Crippen LogP contribution < -0.4 is 5.90 Å². The summed E-state index contributed by atoms with van der Waals surface area (Å²) in [5.74, 6) is 5.86. The molecule has 110 valence electrons. The summed E-state index contributed by atoms with van der Waals surface area (Å²) in [6.07, 6.45) is 4.29. The topological polar surface area (TPSA) is 64.8 Å². The van der Waals surface area contributed by atoms with Gasteiger partial charge >= 0.3 is 6.09 Å². The first-order valence-corrected chi connectivity index (χ1v) is 7.16. The van der Waals surface area contributed by atoms with E-state index in [0.717, 1.165) is 25.9 Å². The molecule has 5 heteroatoms. The van der Waals surface area contributed by atoms with Crippen molar-refractivity contribution < 1.29 is 14.4 Å². The fraction of sp³-hybridized carbons (Fsp3) is 0.929. The molecule has 5 nitrogen and oxygen atoms in total. The third kappa shape index (κ3) is 3.60. The lowest BCUT2D eigenvalue weighted by Crippen LogP contribution is -2.43. The lowest BCUT2D eigenvalue weighted by Gasteiger charge is -2.36. The fourth-order valence-corrected chi connectivity index (χ4v) is 3.00. The number of likely N-dealkylation sites (tertiary alicyclic amines) is 1. The van der Waals surface area contributed by atoms with E-state index in [1.807, 2.05) is 25.7 Å². The number of rotatable bonds is 3. The molecule has 0 aromatic carbocycles. The van der Waals surface area contributed by atoms with Crippen molar-refractivity contribution in [2.24, 2.45) is 17.2 Å². The van der Waals surface area contributed by atoms with Crippen molar-refractivity contribution in [3.05, 3.63) is 0 Å². The van der Waals surface area contributed by atoms with E-state index in [1.165, 1.54) is 12.8 Å². The van der Waals surface area contributed by atoms with Crippen LogP contribution in [0.2, 0.25) is 0 Å². The molecule has 19 heavy (non-hydrogen) atoms. The number of nitrogens with two attached hydrogens (primary N) is 1. The first-order valence-electron chi connectivity index (χ1n) is 7.16. The average Bonchev–Trinajstić information content (AvgIpc) is 3.09. The van der Waals surface area contributed by atoms with Crippen LogP contribution in [0.15, 0.2) is 0 Å². The number of nitrogens with zero attached hydrogens (tertiary/aromatic N) is 1. The van der Waals surface area contributed by atoms with Crippen LogP contribution in [0.3, 0.4) is 0 Å². The molecular formula is C14H26N2O3. The Morgan fingerprint density at radius 1 is 1.32 bits per heavy atom. The molecule has 2 rings (SSSR count). The summed E-state index contributed by atoms with van der Waals surface area (Å²) in [5, 5.41) is 0. The molecule has 1 saturated heterocycles. The van der Waals surface area contributed by atoms with Crippen LogP contribution >= 0.6 is 0 Å². The number of hydrogen-bond donors (Lipinski definition) is 1. The minimum Gasteiger partial charge on any atom is -0.444 e. The van der Waals surface area contributed by atoms with Crippen LogP contribution in [-0.2, 0) is 9.57 Å². The average molecular weight is 270 g/mol. The molecule has 0 radical (unpaired) electrons. The van der Waals surface area contributed by atoms with Gasteiger partial charge in [0.05, 0.1) is 6.61 Å². The number of piperidine rings is 1. The molecule has 1 aliphatic carbocycles. The molecule has 0 atom stereocenters. The van der Waals surface area contributed by atoms with E-state index in [9.17, 15) is 4.79 Å². The molecule has 1 amide bonds. The zero-order valence-corrected chi connectivity index (χ0v) is 12.3. The zero-order valence-electron chi connectivity index (χ0n) is 12.3. The molecule has 0 aromatic heterocycles. The molecule has 1 aliphatic heterocycles. The summed E-state index contributed by atoms with van der Waals surface area (Å²) < 4.78 is 5.40. The predicted molar refractivity (Wildman–Crippen MR) is 72.3 cm³/mol. The Hall–Kier alpha value is -0.810. The lowest BCUT2D eigenvalue weighted by molar-refractivity contribution is 0.00695. The van der Waals surface area contributed by atoms with Gasteiger partial charge in [-0.1, -0.05) is 0 Å². The van der Waals surface area contributed by atoms with E-state index in [1.54, 1.807) is 0 Å². The maximum Gasteiger partial charge on any atom is 0.410 e. The van der Waals surface area contributed by atoms with Gasteiger partial charge in [0.15, 0.2) is 0 Å². The van der Waals surface area contributed by atoms with Gasteiger partial charge in [-0.3, -0.25) is 0 Å². The molecule has 2 N–H and O–H groups in total. The zero-order chi connectivity index (χ0) is 14.1. The molecule has 2 aliphatic rings. The predicted octanol–water partition coefficient (Wildman–Crippen LogP) is 2.30. The van der Waals surface area contributed by atoms with Gasteiger partial charge in [-0.05, 0) is 57.8 Å². The molecular weight excluding hydrogens is 244 g/mol. The lowest BCUT2D eigenvalue weighted by atomic mass is 9.82. The largest absolute Gasteiger partial charge is 0.444 e. The second-order valence-corrected chi connectivity index (χ2v) is 6.92. The summed E-state index contributed by atoms with van der Waals surface area (Å²) >= 11 is 0. The van der Waals surface area contributed by atoms with E-state index in [0.29, 0.717) is 17.9 Å². The Labute approximate surface area is 115 Å². The summed E-state index contributed by atoms with van der Waals surface area (Å²) in [7, 11) is 0. The highest BCUT2D eigenvalue weighted by Crippen LogP contribution is 2.55. The Bertz CT molecular complexity index is 326. The summed E-state index contributed by atoms with van der Waals surface area (Å²) in [4.78, 5) is 18.6. The van der Waals surface area contributed by atoms with Crippen molar-refractivity contribution in [1.82, 2.24) is 4.90 Å². The molecule has 1 heterocycles. The van der Waals surface area contributed by atoms with Crippen LogP contribution in [0.1, 0.15) is 46.5 Å². The highest BCUT2D eigenvalue weighted by Gasteiger charge is 2.50. The van der Waals surface area contributed by atoms with E-state index < -0.39 is 5.60 Å². The molecule has 2 fully saturated rings. The van der Waals surface area contributed by atoms with E-state index >= 15 is 0 Å². The number of ether oxygens (including phenoxy) is 1. The molecule has 0 bridgehead atoms. The van der Waals surface area contributed by atoms with Crippen molar-refractivity contribution in [2.75, 3.05) is 19.7 Å². The second-order valence-electron chi connectivity index (χ2n) is 6.92. The quantitative estimate of drug-likeness (QED) is 0.799. The van der Waals surface area contributed by atoms with Crippen molar-refractivity contribution in [3.8, 4) is 0 Å². The number of carbonyl (C=O) groups excluding carboxylic acids is 1. The smallest absolute Gasteiger partial charge is 0.410 e. The van der Waals surface area contributed by atoms with Crippen molar-refractivity contribution >= 4 is 6.09 Å². The minimum absolute atomic E-state index is 0.189. The van der Waals surface area contributed by atoms with Crippen molar-refractivity contribution in [2.45, 2.75) is 52.1 Å². The van der Waals surface area contributed by atoms with Crippen molar-refractivity contribution in [3.63, 3.8) is 0 Å². The van der Waals surface area contributed by atoms with Gasteiger partial charge in [0.1, 0.15) is 5.60 Å². The Morgan fingerprint density at radius 3 is 2.32 bits per heavy atom. The molecule has 0 aromatic rings. The third-order valence-corrected chi connectivity index (χ3v) is 4.28. The van der Waals surface area contributed by atoms with Gasteiger partial charge in [-0.15, -0.1) is 0 Å². The van der Waals surface area contributed by atoms with Crippen molar-refractivity contribution in [1.29, 1.82) is 0 Å². The van der Waals surface area contributed by atoms with Crippen LogP contribution in [0.4, 0.5) is 4.79 Å². The standard InChI is InChI=1S/C14H26N2O3/c1-13(2,3)19-12(17)16-8-4-11(5-9-16)14(6-7-14)10-18-15/h11H,4-10,15H2,1-3H3. The van der Waals surface area contributed by atoms with Crippen LogP contribution in [0, 0.1) is 11.3 Å². The molecule has 0 unspecified atom stereocenters. The summed E-state index contributed by atoms with van der Waals surface area (Å²) in [5.41, 5.74) is -0.117. The van der Waals surface area contributed by atoms with Crippen LogP contribution in [-0.4, -0.2) is 36.3 Å². The second kappa shape index (κ2) is 5.29. The number of carbonyl (C=O) groups is 1. The Morgan fingerprint density at radius 2 is 1.89 bits per heavy atom. The maximum absolute atomic E-state index is 12.0. The van der Waals surface area contributed by atoms with Gasteiger partial charge in [-0.2, -0.15) is 0 Å². The highest BCUT2D eigenvalue weighted by atomic mass is 16.6. The molecule has 0 spiro atoms. The first-order chi connectivity index (χ1) is 8.86. The van der Waals surface area contributed by atoms with Gasteiger partial charge in [0.2, 0.25) is 0 Å². The molecule has 1 saturated carbocycles. The number of amides is 1. The normalized spacial score (nSPS) is 23.3. The Balaban J connectivity index is 1.81. The van der Waals surface area contributed by atoms with Gasteiger partial charge < -0.3 is 14.5 Å². The van der Waals surface area contributed by atoms with E-state index in [-0.39, 0.29) is 6.09 Å². The summed E-state index contributed by atoms with van der Waals surface area (Å²) in [6.45, 7) is 7.92. The fourth-order valence-electron chi connectivity index (χ4n) is 3.00. The van der Waals surface area contributed by atoms with Gasteiger partial charge in [0, 0.05) is 13.1 Å².